The Bertz CT molecular complexity index is 537. The number of hydrogen-bond acceptors (Lipinski definition) is 5. The van der Waals surface area contributed by atoms with Crippen molar-refractivity contribution in [2.75, 3.05) is 12.4 Å². The van der Waals surface area contributed by atoms with Gasteiger partial charge in [-0.1, -0.05) is 11.6 Å². The molecule has 0 saturated heterocycles. The van der Waals surface area contributed by atoms with E-state index < -0.39 is 0 Å². The minimum absolute atomic E-state index is 0.306. The first-order valence-corrected chi connectivity index (χ1v) is 6.66. The summed E-state index contributed by atoms with van der Waals surface area (Å²) in [5.74, 6) is 0.590. The van der Waals surface area contributed by atoms with E-state index >= 15 is 0 Å². The Kier molecular flexibility index (Phi) is 4.04. The molecule has 96 valence electrons. The van der Waals surface area contributed by atoms with Gasteiger partial charge in [0, 0.05) is 9.75 Å². The van der Waals surface area contributed by atoms with Crippen LogP contribution in [0.4, 0.5) is 5.82 Å². The zero-order valence-corrected chi connectivity index (χ0v) is 12.0. The standard InChI is InChI=1S/C12H14ClN3OS/c1-7-4-9(18-8(7)2)5-14-11-10(13)6-15-12(16-11)17-3/h4,6H,5H2,1-3H3,(H,14,15,16). The van der Waals surface area contributed by atoms with Crippen molar-refractivity contribution in [3.8, 4) is 6.01 Å². The molecule has 0 aliphatic heterocycles. The lowest BCUT2D eigenvalue weighted by Crippen LogP contribution is -2.02. The van der Waals surface area contributed by atoms with Crippen molar-refractivity contribution in [2.45, 2.75) is 20.4 Å². The predicted molar refractivity (Wildman–Crippen MR) is 74.7 cm³/mol. The lowest BCUT2D eigenvalue weighted by molar-refractivity contribution is 0.380. The average molecular weight is 284 g/mol. The minimum Gasteiger partial charge on any atom is -0.467 e. The van der Waals surface area contributed by atoms with Gasteiger partial charge in [0.05, 0.1) is 19.9 Å². The summed E-state index contributed by atoms with van der Waals surface area (Å²) in [6.07, 6.45) is 1.53. The summed E-state index contributed by atoms with van der Waals surface area (Å²) in [6.45, 7) is 4.92. The van der Waals surface area contributed by atoms with Crippen LogP contribution < -0.4 is 10.1 Å². The van der Waals surface area contributed by atoms with E-state index in [-0.39, 0.29) is 0 Å². The van der Waals surface area contributed by atoms with E-state index in [1.165, 1.54) is 28.6 Å². The average Bonchev–Trinajstić information content (AvgIpc) is 2.68. The Balaban J connectivity index is 2.10. The molecule has 0 radical (unpaired) electrons. The van der Waals surface area contributed by atoms with Crippen LogP contribution in [0.2, 0.25) is 5.02 Å². The van der Waals surface area contributed by atoms with Gasteiger partial charge in [0.2, 0.25) is 0 Å². The highest BCUT2D eigenvalue weighted by Crippen LogP contribution is 2.24. The summed E-state index contributed by atoms with van der Waals surface area (Å²) < 4.78 is 4.97. The van der Waals surface area contributed by atoms with E-state index in [4.69, 9.17) is 16.3 Å². The molecule has 0 aliphatic carbocycles. The van der Waals surface area contributed by atoms with Gasteiger partial charge in [0.15, 0.2) is 5.82 Å². The summed E-state index contributed by atoms with van der Waals surface area (Å²) in [4.78, 5) is 10.7. The van der Waals surface area contributed by atoms with Crippen molar-refractivity contribution >= 4 is 28.8 Å². The lowest BCUT2D eigenvalue weighted by atomic mass is 10.3. The molecule has 0 unspecified atom stereocenters. The highest BCUT2D eigenvalue weighted by atomic mass is 35.5. The van der Waals surface area contributed by atoms with Gasteiger partial charge >= 0.3 is 6.01 Å². The molecule has 0 aliphatic rings. The fourth-order valence-electron chi connectivity index (χ4n) is 1.48. The largest absolute Gasteiger partial charge is 0.467 e. The first-order chi connectivity index (χ1) is 8.60. The number of anilines is 1. The van der Waals surface area contributed by atoms with Gasteiger partial charge in [-0.25, -0.2) is 4.98 Å². The Labute approximate surface area is 115 Å². The summed E-state index contributed by atoms with van der Waals surface area (Å²) in [5, 5.41) is 3.68. The molecule has 0 amide bonds. The molecule has 0 saturated carbocycles. The highest BCUT2D eigenvalue weighted by Gasteiger charge is 2.07. The summed E-state index contributed by atoms with van der Waals surface area (Å²) in [6, 6.07) is 2.47. The molecule has 4 nitrogen and oxygen atoms in total. The summed E-state index contributed by atoms with van der Waals surface area (Å²) >= 11 is 7.79. The predicted octanol–water partition coefficient (Wildman–Crippen LogP) is 3.43. The molecular formula is C12H14ClN3OS. The number of nitrogens with one attached hydrogen (secondary N) is 1. The zero-order valence-electron chi connectivity index (χ0n) is 10.5. The number of methoxy groups -OCH3 is 1. The molecule has 0 bridgehead atoms. The monoisotopic (exact) mass is 283 g/mol. The van der Waals surface area contributed by atoms with E-state index in [1.807, 2.05) is 0 Å². The van der Waals surface area contributed by atoms with Crippen molar-refractivity contribution < 1.29 is 4.74 Å². The molecule has 2 heterocycles. The number of halogens is 1. The first-order valence-electron chi connectivity index (χ1n) is 5.46. The number of rotatable bonds is 4. The van der Waals surface area contributed by atoms with Crippen LogP contribution in [0, 0.1) is 13.8 Å². The second kappa shape index (κ2) is 5.54. The smallest absolute Gasteiger partial charge is 0.318 e. The number of aryl methyl sites for hydroxylation is 2. The maximum Gasteiger partial charge on any atom is 0.318 e. The third-order valence-electron chi connectivity index (χ3n) is 2.55. The van der Waals surface area contributed by atoms with Crippen LogP contribution >= 0.6 is 22.9 Å². The molecule has 0 fully saturated rings. The topological polar surface area (TPSA) is 47.0 Å². The van der Waals surface area contributed by atoms with Crippen LogP contribution in [-0.4, -0.2) is 17.1 Å². The molecule has 1 N–H and O–H groups in total. The van der Waals surface area contributed by atoms with Gasteiger partial charge < -0.3 is 10.1 Å². The van der Waals surface area contributed by atoms with Crippen LogP contribution in [-0.2, 0) is 6.54 Å². The first kappa shape index (κ1) is 13.1. The number of ether oxygens (including phenoxy) is 1. The molecule has 2 rings (SSSR count). The number of nitrogens with zero attached hydrogens (tertiary/aromatic N) is 2. The Morgan fingerprint density at radius 1 is 1.44 bits per heavy atom. The second-order valence-electron chi connectivity index (χ2n) is 3.86. The summed E-state index contributed by atoms with van der Waals surface area (Å²) in [5.41, 5.74) is 1.31. The Morgan fingerprint density at radius 2 is 2.22 bits per heavy atom. The van der Waals surface area contributed by atoms with Gasteiger partial charge in [-0.05, 0) is 25.5 Å². The van der Waals surface area contributed by atoms with Gasteiger partial charge in [-0.3, -0.25) is 0 Å². The Hall–Kier alpha value is -1.33. The molecule has 18 heavy (non-hydrogen) atoms. The van der Waals surface area contributed by atoms with Crippen molar-refractivity contribution in [3.05, 3.63) is 32.6 Å². The minimum atomic E-state index is 0.306. The van der Waals surface area contributed by atoms with Crippen LogP contribution in [0.1, 0.15) is 15.3 Å². The lowest BCUT2D eigenvalue weighted by Gasteiger charge is -2.06. The molecule has 6 heteroatoms. The van der Waals surface area contributed by atoms with Gasteiger partial charge in [-0.15, -0.1) is 11.3 Å². The third kappa shape index (κ3) is 2.91. The Morgan fingerprint density at radius 3 is 2.83 bits per heavy atom. The van der Waals surface area contributed by atoms with Crippen LogP contribution in [0.25, 0.3) is 0 Å². The summed E-state index contributed by atoms with van der Waals surface area (Å²) in [7, 11) is 1.53. The van der Waals surface area contributed by atoms with E-state index in [1.54, 1.807) is 11.3 Å². The highest BCUT2D eigenvalue weighted by molar-refractivity contribution is 7.12. The molecule has 0 atom stereocenters. The van der Waals surface area contributed by atoms with E-state index in [0.717, 1.165) is 0 Å². The number of thiophene rings is 1. The van der Waals surface area contributed by atoms with E-state index in [9.17, 15) is 0 Å². The van der Waals surface area contributed by atoms with Gasteiger partial charge in [-0.2, -0.15) is 4.98 Å². The maximum atomic E-state index is 6.02. The molecule has 0 spiro atoms. The SMILES string of the molecule is COc1ncc(Cl)c(NCc2cc(C)c(C)s2)n1. The molecule has 2 aromatic heterocycles. The zero-order chi connectivity index (χ0) is 13.1. The van der Waals surface area contributed by atoms with Crippen molar-refractivity contribution in [3.63, 3.8) is 0 Å². The molecule has 0 aromatic carbocycles. The number of hydrogen-bond donors (Lipinski definition) is 1. The maximum absolute atomic E-state index is 6.02. The molecular weight excluding hydrogens is 270 g/mol. The van der Waals surface area contributed by atoms with Crippen molar-refractivity contribution in [1.82, 2.24) is 9.97 Å². The third-order valence-corrected chi connectivity index (χ3v) is 3.98. The number of aromatic nitrogens is 2. The van der Waals surface area contributed by atoms with E-state index in [0.29, 0.717) is 23.4 Å². The quantitative estimate of drug-likeness (QED) is 0.934. The van der Waals surface area contributed by atoms with Gasteiger partial charge in [0.1, 0.15) is 5.02 Å². The van der Waals surface area contributed by atoms with Crippen LogP contribution in [0.3, 0.4) is 0 Å². The van der Waals surface area contributed by atoms with Crippen LogP contribution in [0.5, 0.6) is 6.01 Å². The van der Waals surface area contributed by atoms with E-state index in [2.05, 4.69) is 35.2 Å². The normalized spacial score (nSPS) is 10.4. The van der Waals surface area contributed by atoms with Gasteiger partial charge in [0.25, 0.3) is 0 Å². The fourth-order valence-corrected chi connectivity index (χ4v) is 2.63. The molecule has 2 aromatic rings. The van der Waals surface area contributed by atoms with Crippen molar-refractivity contribution in [2.24, 2.45) is 0 Å². The fraction of sp³-hybridized carbons (Fsp3) is 0.333. The van der Waals surface area contributed by atoms with Crippen LogP contribution in [0.15, 0.2) is 12.3 Å². The van der Waals surface area contributed by atoms with Crippen molar-refractivity contribution in [1.29, 1.82) is 0 Å². The second-order valence-corrected chi connectivity index (χ2v) is 5.61.